The Hall–Kier alpha value is -2.90. The van der Waals surface area contributed by atoms with Crippen LogP contribution in [0, 0.1) is 11.8 Å². The van der Waals surface area contributed by atoms with Crippen molar-refractivity contribution >= 4 is 23.2 Å². The molecule has 0 saturated carbocycles. The highest BCUT2D eigenvalue weighted by molar-refractivity contribution is 5.95. The second-order valence-electron chi connectivity index (χ2n) is 10.3. The summed E-state index contributed by atoms with van der Waals surface area (Å²) >= 11 is 0. The van der Waals surface area contributed by atoms with E-state index in [0.717, 1.165) is 51.1 Å². The molecule has 4 fully saturated rings. The molecular formula is C28H37N5O2. The van der Waals surface area contributed by atoms with Crippen molar-refractivity contribution in [3.05, 3.63) is 60.2 Å². The molecule has 0 radical (unpaired) electrons. The van der Waals surface area contributed by atoms with Gasteiger partial charge in [-0.1, -0.05) is 18.2 Å². The van der Waals surface area contributed by atoms with Crippen LogP contribution in [0.1, 0.15) is 30.1 Å². The van der Waals surface area contributed by atoms with Gasteiger partial charge in [-0.05, 0) is 74.5 Å². The van der Waals surface area contributed by atoms with Gasteiger partial charge in [0.1, 0.15) is 0 Å². The zero-order valence-corrected chi connectivity index (χ0v) is 20.7. The number of amides is 2. The van der Waals surface area contributed by atoms with Gasteiger partial charge in [-0.15, -0.1) is 0 Å². The highest BCUT2D eigenvalue weighted by Gasteiger charge is 2.40. The van der Waals surface area contributed by atoms with Crippen LogP contribution in [0.2, 0.25) is 0 Å². The van der Waals surface area contributed by atoms with Crippen molar-refractivity contribution in [1.29, 1.82) is 0 Å². The van der Waals surface area contributed by atoms with E-state index in [0.29, 0.717) is 23.8 Å². The van der Waals surface area contributed by atoms with Crippen molar-refractivity contribution in [2.24, 2.45) is 11.8 Å². The van der Waals surface area contributed by atoms with Gasteiger partial charge in [-0.25, -0.2) is 4.79 Å². The number of anilines is 2. The summed E-state index contributed by atoms with van der Waals surface area (Å²) < 4.78 is 0. The number of nitrogens with zero attached hydrogens (tertiary/aromatic N) is 3. The zero-order chi connectivity index (χ0) is 24.2. The molecule has 186 valence electrons. The SMILES string of the molecule is CC(=O)c1ccc(NC(=O)NC[C@H]2C[C@@H]3CCN2C[C@@H]3CN2CCN(c3ccccc3)CC2)cc1. The third kappa shape index (κ3) is 5.85. The summed E-state index contributed by atoms with van der Waals surface area (Å²) in [7, 11) is 0. The van der Waals surface area contributed by atoms with Gasteiger partial charge in [0, 0.05) is 68.8 Å². The van der Waals surface area contributed by atoms with Crippen LogP contribution in [0.25, 0.3) is 0 Å². The number of benzene rings is 2. The zero-order valence-electron chi connectivity index (χ0n) is 20.7. The molecule has 35 heavy (non-hydrogen) atoms. The van der Waals surface area contributed by atoms with E-state index < -0.39 is 0 Å². The molecular weight excluding hydrogens is 438 g/mol. The fraction of sp³-hybridized carbons (Fsp3) is 0.500. The average Bonchev–Trinajstić information content (AvgIpc) is 2.89. The summed E-state index contributed by atoms with van der Waals surface area (Å²) in [5.74, 6) is 1.51. The minimum Gasteiger partial charge on any atom is -0.369 e. The molecule has 4 aliphatic rings. The highest BCUT2D eigenvalue weighted by atomic mass is 16.2. The third-order valence-corrected chi connectivity index (χ3v) is 8.05. The van der Waals surface area contributed by atoms with E-state index in [1.807, 2.05) is 0 Å². The Morgan fingerprint density at radius 3 is 2.34 bits per heavy atom. The Kier molecular flexibility index (Phi) is 7.35. The van der Waals surface area contributed by atoms with E-state index in [9.17, 15) is 9.59 Å². The van der Waals surface area contributed by atoms with Crippen molar-refractivity contribution in [2.45, 2.75) is 25.8 Å². The lowest BCUT2D eigenvalue weighted by Gasteiger charge is -2.51. The van der Waals surface area contributed by atoms with Crippen LogP contribution in [0.4, 0.5) is 16.2 Å². The summed E-state index contributed by atoms with van der Waals surface area (Å²) in [5, 5.41) is 5.94. The van der Waals surface area contributed by atoms with Crippen molar-refractivity contribution < 1.29 is 9.59 Å². The van der Waals surface area contributed by atoms with Crippen LogP contribution in [0.5, 0.6) is 0 Å². The number of carbonyl (C=O) groups excluding carboxylic acids is 2. The quantitative estimate of drug-likeness (QED) is 0.600. The number of para-hydroxylation sites is 1. The summed E-state index contributed by atoms with van der Waals surface area (Å²) in [6.45, 7) is 10.2. The number of nitrogens with one attached hydrogen (secondary N) is 2. The van der Waals surface area contributed by atoms with Crippen molar-refractivity contribution in [1.82, 2.24) is 15.1 Å². The van der Waals surface area contributed by atoms with Crippen molar-refractivity contribution in [3.8, 4) is 0 Å². The Bertz CT molecular complexity index is 1000. The van der Waals surface area contributed by atoms with Crippen LogP contribution in [-0.4, -0.2) is 80.0 Å². The van der Waals surface area contributed by atoms with E-state index in [-0.39, 0.29) is 11.8 Å². The van der Waals surface area contributed by atoms with Crippen LogP contribution in [0.3, 0.4) is 0 Å². The molecule has 1 unspecified atom stereocenters. The number of hydrogen-bond donors (Lipinski definition) is 2. The summed E-state index contributed by atoms with van der Waals surface area (Å²) in [5.41, 5.74) is 2.68. The molecule has 0 aliphatic carbocycles. The first-order valence-corrected chi connectivity index (χ1v) is 13.0. The molecule has 0 spiro atoms. The number of fused-ring (bicyclic) bond motifs is 3. The fourth-order valence-electron chi connectivity index (χ4n) is 6.00. The Morgan fingerprint density at radius 1 is 0.943 bits per heavy atom. The minimum atomic E-state index is -0.184. The predicted octanol–water partition coefficient (Wildman–Crippen LogP) is 3.54. The maximum absolute atomic E-state index is 12.4. The predicted molar refractivity (Wildman–Crippen MR) is 140 cm³/mol. The number of urea groups is 1. The Morgan fingerprint density at radius 2 is 1.69 bits per heavy atom. The second kappa shape index (κ2) is 10.8. The highest BCUT2D eigenvalue weighted by Crippen LogP contribution is 2.36. The number of ketones is 1. The number of piperidine rings is 3. The van der Waals surface area contributed by atoms with Crippen LogP contribution in [-0.2, 0) is 0 Å². The normalized spacial score (nSPS) is 26.4. The van der Waals surface area contributed by atoms with Gasteiger partial charge in [0.25, 0.3) is 0 Å². The summed E-state index contributed by atoms with van der Waals surface area (Å²) in [6.07, 6.45) is 2.45. The van der Waals surface area contributed by atoms with E-state index in [2.05, 4.69) is 55.7 Å². The van der Waals surface area contributed by atoms with Crippen molar-refractivity contribution in [3.63, 3.8) is 0 Å². The summed E-state index contributed by atoms with van der Waals surface area (Å²) in [4.78, 5) is 31.6. The summed E-state index contributed by atoms with van der Waals surface area (Å²) in [6, 6.07) is 18.0. The molecule has 2 aromatic rings. The molecule has 2 bridgehead atoms. The van der Waals surface area contributed by atoms with Gasteiger partial charge < -0.3 is 15.5 Å². The number of piperazine rings is 1. The van der Waals surface area contributed by atoms with Gasteiger partial charge in [0.15, 0.2) is 5.78 Å². The molecule has 4 aliphatic heterocycles. The van der Waals surface area contributed by atoms with Crippen LogP contribution < -0.4 is 15.5 Å². The first-order chi connectivity index (χ1) is 17.0. The first-order valence-electron chi connectivity index (χ1n) is 13.0. The maximum Gasteiger partial charge on any atom is 0.319 e. The van der Waals surface area contributed by atoms with Gasteiger partial charge in [0.05, 0.1) is 0 Å². The van der Waals surface area contributed by atoms with Gasteiger partial charge in [-0.2, -0.15) is 0 Å². The number of rotatable bonds is 7. The third-order valence-electron chi connectivity index (χ3n) is 8.05. The molecule has 7 nitrogen and oxygen atoms in total. The first kappa shape index (κ1) is 23.8. The lowest BCUT2D eigenvalue weighted by molar-refractivity contribution is -0.0114. The van der Waals surface area contributed by atoms with Gasteiger partial charge in [-0.3, -0.25) is 14.6 Å². The molecule has 4 atom stereocenters. The van der Waals surface area contributed by atoms with Crippen molar-refractivity contribution in [2.75, 3.05) is 62.6 Å². The van der Waals surface area contributed by atoms with Crippen LogP contribution >= 0.6 is 0 Å². The minimum absolute atomic E-state index is 0.0233. The second-order valence-corrected chi connectivity index (χ2v) is 10.3. The molecule has 6 rings (SSSR count). The Balaban J connectivity index is 1.05. The molecule has 4 saturated heterocycles. The fourth-order valence-corrected chi connectivity index (χ4v) is 6.00. The van der Waals surface area contributed by atoms with E-state index in [1.165, 1.54) is 25.1 Å². The van der Waals surface area contributed by atoms with E-state index in [4.69, 9.17) is 0 Å². The van der Waals surface area contributed by atoms with Gasteiger partial charge >= 0.3 is 6.03 Å². The molecule has 2 amide bonds. The lowest BCUT2D eigenvalue weighted by Crippen LogP contribution is -2.59. The number of Topliss-reactive ketones (excluding diaryl/α,β-unsaturated/α-hetero) is 1. The van der Waals surface area contributed by atoms with Gasteiger partial charge in [0.2, 0.25) is 0 Å². The molecule has 2 N–H and O–H groups in total. The topological polar surface area (TPSA) is 67.9 Å². The number of carbonyl (C=O) groups is 2. The maximum atomic E-state index is 12.4. The van der Waals surface area contributed by atoms with E-state index in [1.54, 1.807) is 31.2 Å². The average molecular weight is 476 g/mol. The standard InChI is InChI=1S/C28H37N5O2/c1-21(34)22-7-9-25(10-8-22)30-28(35)29-18-27-17-23-11-12-33(27)20-24(23)19-31-13-15-32(16-14-31)26-5-3-2-4-6-26/h2-10,23-24,27H,11-20H2,1H3,(H2,29,30,35)/t23-,24-,27+/m0/s1. The van der Waals surface area contributed by atoms with Crippen LogP contribution in [0.15, 0.2) is 54.6 Å². The Labute approximate surface area is 208 Å². The largest absolute Gasteiger partial charge is 0.369 e. The molecule has 4 heterocycles. The van der Waals surface area contributed by atoms with E-state index >= 15 is 0 Å². The lowest BCUT2D eigenvalue weighted by atomic mass is 9.75. The monoisotopic (exact) mass is 475 g/mol. The molecule has 2 aromatic carbocycles. The smallest absolute Gasteiger partial charge is 0.319 e. The number of hydrogen-bond acceptors (Lipinski definition) is 5. The molecule has 0 aromatic heterocycles. The molecule has 7 heteroatoms.